The molecule has 0 saturated carbocycles. The van der Waals surface area contributed by atoms with E-state index < -0.39 is 0 Å². The van der Waals surface area contributed by atoms with Crippen molar-refractivity contribution >= 4 is 22.1 Å². The van der Waals surface area contributed by atoms with Crippen molar-refractivity contribution in [3.63, 3.8) is 0 Å². The average molecular weight is 491 g/mol. The Labute approximate surface area is 210 Å². The normalized spacial score (nSPS) is 15.5. The average Bonchev–Trinajstić information content (AvgIpc) is 3.17. The molecule has 5 rings (SSSR count). The summed E-state index contributed by atoms with van der Waals surface area (Å²) in [6, 6.07) is 10.1. The highest BCUT2D eigenvalue weighted by molar-refractivity contribution is 6.02. The molecule has 36 heavy (non-hydrogen) atoms. The van der Waals surface area contributed by atoms with Crippen molar-refractivity contribution < 1.29 is 9.47 Å². The van der Waals surface area contributed by atoms with E-state index in [1.165, 1.54) is 0 Å². The molecule has 0 radical (unpaired) electrons. The van der Waals surface area contributed by atoms with Crippen LogP contribution in [0.2, 0.25) is 0 Å². The van der Waals surface area contributed by atoms with E-state index in [2.05, 4.69) is 32.2 Å². The first-order chi connectivity index (χ1) is 17.5. The fourth-order valence-electron chi connectivity index (χ4n) is 4.97. The Bertz CT molecular complexity index is 1400. The SMILES string of the molecule is COC1CCN(CCOCc2ccc(-c3ccc4nnc5c(c4c3)n(C(C)C)c(=O)n5C)cn2)CC1. The first kappa shape index (κ1) is 24.5. The second kappa shape index (κ2) is 10.5. The highest BCUT2D eigenvalue weighted by Gasteiger charge is 2.19. The molecule has 4 heterocycles. The van der Waals surface area contributed by atoms with Gasteiger partial charge in [0.15, 0.2) is 5.65 Å². The van der Waals surface area contributed by atoms with Gasteiger partial charge in [-0.1, -0.05) is 12.1 Å². The quantitative estimate of drug-likeness (QED) is 0.349. The zero-order valence-corrected chi connectivity index (χ0v) is 21.5. The van der Waals surface area contributed by atoms with Crippen molar-refractivity contribution in [3.05, 3.63) is 52.7 Å². The number of fused-ring (bicyclic) bond motifs is 3. The molecule has 9 heteroatoms. The Morgan fingerprint density at radius 2 is 1.86 bits per heavy atom. The van der Waals surface area contributed by atoms with Gasteiger partial charge in [0.25, 0.3) is 0 Å². The van der Waals surface area contributed by atoms with E-state index in [-0.39, 0.29) is 11.7 Å². The van der Waals surface area contributed by atoms with Gasteiger partial charge in [-0.2, -0.15) is 0 Å². The molecule has 4 aromatic rings. The second-order valence-electron chi connectivity index (χ2n) is 9.78. The van der Waals surface area contributed by atoms with E-state index in [9.17, 15) is 4.79 Å². The van der Waals surface area contributed by atoms with E-state index in [1.54, 1.807) is 23.3 Å². The van der Waals surface area contributed by atoms with Gasteiger partial charge in [-0.15, -0.1) is 10.2 Å². The van der Waals surface area contributed by atoms with Crippen LogP contribution in [-0.4, -0.2) is 68.7 Å². The van der Waals surface area contributed by atoms with Gasteiger partial charge in [0.1, 0.15) is 5.52 Å². The van der Waals surface area contributed by atoms with E-state index in [4.69, 9.17) is 9.47 Å². The van der Waals surface area contributed by atoms with Gasteiger partial charge in [-0.3, -0.25) is 14.1 Å². The number of aryl methyl sites for hydroxylation is 1. The van der Waals surface area contributed by atoms with E-state index in [1.807, 2.05) is 38.2 Å². The zero-order valence-electron chi connectivity index (χ0n) is 21.5. The third-order valence-electron chi connectivity index (χ3n) is 7.11. The summed E-state index contributed by atoms with van der Waals surface area (Å²) in [6.45, 7) is 8.26. The molecule has 0 bridgehead atoms. The Kier molecular flexibility index (Phi) is 7.13. The lowest BCUT2D eigenvalue weighted by atomic mass is 10.0. The summed E-state index contributed by atoms with van der Waals surface area (Å²) in [5.41, 5.74) is 5.00. The lowest BCUT2D eigenvalue weighted by molar-refractivity contribution is 0.0264. The van der Waals surface area contributed by atoms with Gasteiger partial charge in [0.2, 0.25) is 0 Å². The van der Waals surface area contributed by atoms with Crippen molar-refractivity contribution in [3.8, 4) is 11.1 Å². The fourth-order valence-corrected chi connectivity index (χ4v) is 4.97. The second-order valence-corrected chi connectivity index (χ2v) is 9.78. The summed E-state index contributed by atoms with van der Waals surface area (Å²) in [6.07, 6.45) is 4.46. The molecule has 1 saturated heterocycles. The van der Waals surface area contributed by atoms with E-state index in [0.29, 0.717) is 25.0 Å². The van der Waals surface area contributed by atoms with Crippen LogP contribution in [0.1, 0.15) is 38.4 Å². The van der Waals surface area contributed by atoms with Crippen molar-refractivity contribution in [1.29, 1.82) is 0 Å². The lowest BCUT2D eigenvalue weighted by Crippen LogP contribution is -2.38. The number of pyridine rings is 1. The van der Waals surface area contributed by atoms with Crippen LogP contribution in [0, 0.1) is 0 Å². The maximum atomic E-state index is 12.8. The molecule has 3 aromatic heterocycles. The molecule has 0 amide bonds. The third kappa shape index (κ3) is 4.78. The number of hydrogen-bond acceptors (Lipinski definition) is 7. The molecule has 1 fully saturated rings. The van der Waals surface area contributed by atoms with Crippen LogP contribution in [0.4, 0.5) is 0 Å². The standard InChI is InChI=1S/C27H34N6O3/c1-18(2)33-25-23-15-19(6-8-24(23)29-30-26(25)31(3)27(33)34)20-5-7-21(28-16-20)17-36-14-13-32-11-9-22(35-4)10-12-32/h5-8,15-16,18,22H,9-14,17H2,1-4H3. The van der Waals surface area contributed by atoms with Crippen LogP contribution in [0.5, 0.6) is 0 Å². The Hall–Kier alpha value is -3.14. The molecule has 9 nitrogen and oxygen atoms in total. The smallest absolute Gasteiger partial charge is 0.330 e. The minimum atomic E-state index is -0.0855. The first-order valence-corrected chi connectivity index (χ1v) is 12.6. The predicted molar refractivity (Wildman–Crippen MR) is 140 cm³/mol. The number of hydrogen-bond donors (Lipinski definition) is 0. The van der Waals surface area contributed by atoms with Crippen molar-refractivity contribution in [2.75, 3.05) is 33.4 Å². The molecule has 0 spiro atoms. The molecule has 0 unspecified atom stereocenters. The van der Waals surface area contributed by atoms with E-state index >= 15 is 0 Å². The van der Waals surface area contributed by atoms with Crippen LogP contribution in [0.15, 0.2) is 41.3 Å². The van der Waals surface area contributed by atoms with Crippen molar-refractivity contribution in [2.24, 2.45) is 7.05 Å². The Morgan fingerprint density at radius 3 is 2.56 bits per heavy atom. The predicted octanol–water partition coefficient (Wildman–Crippen LogP) is 3.55. The summed E-state index contributed by atoms with van der Waals surface area (Å²) in [7, 11) is 3.53. The highest BCUT2D eigenvalue weighted by atomic mass is 16.5. The number of methoxy groups -OCH3 is 1. The highest BCUT2D eigenvalue weighted by Crippen LogP contribution is 2.28. The molecular weight excluding hydrogens is 456 g/mol. The van der Waals surface area contributed by atoms with Crippen molar-refractivity contribution in [2.45, 2.75) is 45.4 Å². The number of nitrogens with zero attached hydrogens (tertiary/aromatic N) is 6. The number of benzene rings is 1. The van der Waals surface area contributed by atoms with Crippen LogP contribution in [0.3, 0.4) is 0 Å². The molecular formula is C27H34N6O3. The van der Waals surface area contributed by atoms with Gasteiger partial charge in [-0.05, 0) is 50.5 Å². The van der Waals surface area contributed by atoms with Crippen LogP contribution in [-0.2, 0) is 23.1 Å². The molecule has 190 valence electrons. The van der Waals surface area contributed by atoms with Gasteiger partial charge in [0, 0.05) is 57.0 Å². The monoisotopic (exact) mass is 490 g/mol. The topological polar surface area (TPSA) is 87.3 Å². The Morgan fingerprint density at radius 1 is 1.08 bits per heavy atom. The largest absolute Gasteiger partial charge is 0.381 e. The first-order valence-electron chi connectivity index (χ1n) is 12.6. The number of imidazole rings is 1. The van der Waals surface area contributed by atoms with Crippen LogP contribution in [0.25, 0.3) is 33.2 Å². The molecule has 1 aliphatic rings. The fraction of sp³-hybridized carbons (Fsp3) is 0.481. The van der Waals surface area contributed by atoms with Gasteiger partial charge in [-0.25, -0.2) is 4.79 Å². The summed E-state index contributed by atoms with van der Waals surface area (Å²) >= 11 is 0. The van der Waals surface area contributed by atoms with Crippen molar-refractivity contribution in [1.82, 2.24) is 29.2 Å². The lowest BCUT2D eigenvalue weighted by Gasteiger charge is -2.30. The number of likely N-dealkylation sites (tertiary alicyclic amines) is 1. The zero-order chi connectivity index (χ0) is 25.2. The summed E-state index contributed by atoms with van der Waals surface area (Å²) in [5.74, 6) is 0. The van der Waals surface area contributed by atoms with Gasteiger partial charge >= 0.3 is 5.69 Å². The summed E-state index contributed by atoms with van der Waals surface area (Å²) in [4.78, 5) is 19.9. The third-order valence-corrected chi connectivity index (χ3v) is 7.11. The maximum Gasteiger partial charge on any atom is 0.330 e. The summed E-state index contributed by atoms with van der Waals surface area (Å²) < 4.78 is 14.7. The number of aromatic nitrogens is 5. The summed E-state index contributed by atoms with van der Waals surface area (Å²) in [5, 5.41) is 9.58. The molecule has 1 aliphatic heterocycles. The van der Waals surface area contributed by atoms with Gasteiger partial charge in [0.05, 0.1) is 30.5 Å². The van der Waals surface area contributed by atoms with Gasteiger partial charge < -0.3 is 14.4 Å². The maximum absolute atomic E-state index is 12.8. The molecule has 0 aliphatic carbocycles. The minimum Gasteiger partial charge on any atom is -0.381 e. The number of piperidine rings is 1. The molecule has 0 atom stereocenters. The Balaban J connectivity index is 1.29. The van der Waals surface area contributed by atoms with Crippen LogP contribution >= 0.6 is 0 Å². The molecule has 0 N–H and O–H groups in total. The van der Waals surface area contributed by atoms with E-state index in [0.717, 1.165) is 65.7 Å². The minimum absolute atomic E-state index is 0.00962. The number of ether oxygens (including phenoxy) is 2. The molecule has 1 aromatic carbocycles. The number of rotatable bonds is 8. The van der Waals surface area contributed by atoms with Crippen LogP contribution < -0.4 is 5.69 Å².